The molecule has 26 heavy (non-hydrogen) atoms. The van der Waals surface area contributed by atoms with Crippen LogP contribution in [0.4, 0.5) is 24.5 Å². The van der Waals surface area contributed by atoms with Crippen molar-refractivity contribution in [3.05, 3.63) is 47.7 Å². The lowest BCUT2D eigenvalue weighted by atomic mass is 10.1. The molecule has 0 radical (unpaired) electrons. The molecule has 0 aliphatic heterocycles. The van der Waals surface area contributed by atoms with Crippen molar-refractivity contribution in [1.82, 2.24) is 4.98 Å². The van der Waals surface area contributed by atoms with Gasteiger partial charge < -0.3 is 15.4 Å². The van der Waals surface area contributed by atoms with Gasteiger partial charge in [-0.3, -0.25) is 9.59 Å². The van der Waals surface area contributed by atoms with Crippen LogP contribution in [0.2, 0.25) is 0 Å². The van der Waals surface area contributed by atoms with Crippen molar-refractivity contribution in [2.75, 3.05) is 17.2 Å². The van der Waals surface area contributed by atoms with E-state index in [1.54, 1.807) is 6.92 Å². The van der Waals surface area contributed by atoms with Gasteiger partial charge in [0.25, 0.3) is 5.91 Å². The number of nitrogens with zero attached hydrogens (tertiary/aromatic N) is 1. The van der Waals surface area contributed by atoms with Gasteiger partial charge in [-0.15, -0.1) is 0 Å². The minimum Gasteiger partial charge on any atom is -0.478 e. The van der Waals surface area contributed by atoms with Crippen molar-refractivity contribution in [3.8, 4) is 5.88 Å². The summed E-state index contributed by atoms with van der Waals surface area (Å²) in [6, 6.07) is 5.55. The Morgan fingerprint density at radius 3 is 2.38 bits per heavy atom. The number of aromatic nitrogens is 1. The van der Waals surface area contributed by atoms with E-state index in [1.165, 1.54) is 25.3 Å². The number of alkyl halides is 3. The third-order valence-corrected chi connectivity index (χ3v) is 3.20. The number of pyridine rings is 1. The summed E-state index contributed by atoms with van der Waals surface area (Å²) in [5, 5.41) is 4.74. The zero-order valence-electron chi connectivity index (χ0n) is 14.0. The first-order chi connectivity index (χ1) is 12.2. The second kappa shape index (κ2) is 7.85. The van der Waals surface area contributed by atoms with Gasteiger partial charge in [-0.25, -0.2) is 4.98 Å². The van der Waals surface area contributed by atoms with E-state index >= 15 is 0 Å². The van der Waals surface area contributed by atoms with Gasteiger partial charge in [0.2, 0.25) is 11.8 Å². The number of carbonyl (C=O) groups is 2. The van der Waals surface area contributed by atoms with Gasteiger partial charge in [-0.05, 0) is 31.2 Å². The van der Waals surface area contributed by atoms with Gasteiger partial charge in [-0.1, -0.05) is 0 Å². The Hall–Kier alpha value is -3.10. The lowest BCUT2D eigenvalue weighted by Gasteiger charge is -2.15. The van der Waals surface area contributed by atoms with Gasteiger partial charge in [0.05, 0.1) is 29.1 Å². The minimum absolute atomic E-state index is 0.0535. The maximum Gasteiger partial charge on any atom is 0.416 e. The first-order valence-corrected chi connectivity index (χ1v) is 7.59. The maximum absolute atomic E-state index is 12.9. The van der Waals surface area contributed by atoms with E-state index in [4.69, 9.17) is 4.74 Å². The fourth-order valence-corrected chi connectivity index (χ4v) is 2.07. The average molecular weight is 367 g/mol. The van der Waals surface area contributed by atoms with Crippen molar-refractivity contribution in [3.63, 3.8) is 0 Å². The third kappa shape index (κ3) is 4.95. The zero-order chi connectivity index (χ0) is 19.3. The summed E-state index contributed by atoms with van der Waals surface area (Å²) >= 11 is 0. The monoisotopic (exact) mass is 367 g/mol. The number of halogens is 3. The first kappa shape index (κ1) is 19.2. The quantitative estimate of drug-likeness (QED) is 0.844. The first-order valence-electron chi connectivity index (χ1n) is 7.59. The molecule has 0 atom stereocenters. The summed E-state index contributed by atoms with van der Waals surface area (Å²) in [6.07, 6.45) is -3.35. The second-order valence-electron chi connectivity index (χ2n) is 5.21. The molecule has 0 saturated carbocycles. The highest BCUT2D eigenvalue weighted by Gasteiger charge is 2.31. The number of amides is 2. The van der Waals surface area contributed by atoms with Gasteiger partial charge in [0.15, 0.2) is 0 Å². The van der Waals surface area contributed by atoms with Crippen LogP contribution in [0, 0.1) is 0 Å². The Morgan fingerprint density at radius 1 is 1.12 bits per heavy atom. The molecule has 0 saturated heterocycles. The molecular weight excluding hydrogens is 351 g/mol. The number of anilines is 2. The van der Waals surface area contributed by atoms with Gasteiger partial charge in [0.1, 0.15) is 0 Å². The number of carbonyl (C=O) groups excluding carboxylic acids is 2. The maximum atomic E-state index is 12.9. The molecule has 0 bridgehead atoms. The van der Waals surface area contributed by atoms with E-state index in [-0.39, 0.29) is 16.9 Å². The summed E-state index contributed by atoms with van der Waals surface area (Å²) in [7, 11) is 0. The SMILES string of the molecule is CCOc1ccc(C(=O)Nc2cc(C(F)(F)F)ccc2NC(C)=O)cn1. The molecule has 2 N–H and O–H groups in total. The summed E-state index contributed by atoms with van der Waals surface area (Å²) in [4.78, 5) is 27.5. The lowest BCUT2D eigenvalue weighted by Crippen LogP contribution is -2.16. The predicted molar refractivity (Wildman–Crippen MR) is 89.1 cm³/mol. The van der Waals surface area contributed by atoms with Crippen molar-refractivity contribution in [1.29, 1.82) is 0 Å². The van der Waals surface area contributed by atoms with Crippen LogP contribution in [-0.4, -0.2) is 23.4 Å². The molecule has 0 aliphatic carbocycles. The van der Waals surface area contributed by atoms with Crippen LogP contribution >= 0.6 is 0 Å². The smallest absolute Gasteiger partial charge is 0.416 e. The van der Waals surface area contributed by atoms with Gasteiger partial charge >= 0.3 is 6.18 Å². The summed E-state index contributed by atoms with van der Waals surface area (Å²) in [6.45, 7) is 3.39. The third-order valence-electron chi connectivity index (χ3n) is 3.20. The molecule has 2 amide bonds. The van der Waals surface area contributed by atoms with Crippen LogP contribution < -0.4 is 15.4 Å². The molecule has 2 aromatic rings. The van der Waals surface area contributed by atoms with Crippen LogP contribution in [0.15, 0.2) is 36.5 Å². The van der Waals surface area contributed by atoms with E-state index in [0.29, 0.717) is 12.5 Å². The minimum atomic E-state index is -4.59. The molecule has 6 nitrogen and oxygen atoms in total. The lowest BCUT2D eigenvalue weighted by molar-refractivity contribution is -0.137. The Bertz CT molecular complexity index is 805. The van der Waals surface area contributed by atoms with E-state index in [0.717, 1.165) is 18.2 Å². The number of ether oxygens (including phenoxy) is 1. The van der Waals surface area contributed by atoms with Crippen LogP contribution in [0.1, 0.15) is 29.8 Å². The topological polar surface area (TPSA) is 80.3 Å². The molecule has 0 unspecified atom stereocenters. The average Bonchev–Trinajstić information content (AvgIpc) is 2.56. The number of rotatable bonds is 5. The molecule has 1 aromatic carbocycles. The Labute approximate surface area is 147 Å². The molecule has 1 heterocycles. The van der Waals surface area contributed by atoms with Gasteiger partial charge in [-0.2, -0.15) is 13.2 Å². The molecular formula is C17H16F3N3O3. The molecule has 138 valence electrons. The van der Waals surface area contributed by atoms with Crippen molar-refractivity contribution < 1.29 is 27.5 Å². The van der Waals surface area contributed by atoms with E-state index in [2.05, 4.69) is 15.6 Å². The Morgan fingerprint density at radius 2 is 1.85 bits per heavy atom. The van der Waals surface area contributed by atoms with Crippen molar-refractivity contribution in [2.45, 2.75) is 20.0 Å². The number of hydrogen-bond donors (Lipinski definition) is 2. The molecule has 1 aromatic heterocycles. The molecule has 0 fully saturated rings. The second-order valence-corrected chi connectivity index (χ2v) is 5.21. The highest BCUT2D eigenvalue weighted by molar-refractivity contribution is 6.07. The van der Waals surface area contributed by atoms with E-state index in [1.807, 2.05) is 0 Å². The Kier molecular flexibility index (Phi) is 5.81. The summed E-state index contributed by atoms with van der Waals surface area (Å²) in [5.74, 6) is -0.837. The van der Waals surface area contributed by atoms with Crippen molar-refractivity contribution >= 4 is 23.2 Å². The number of hydrogen-bond acceptors (Lipinski definition) is 4. The fourth-order valence-electron chi connectivity index (χ4n) is 2.07. The summed E-state index contributed by atoms with van der Waals surface area (Å²) < 4.78 is 43.9. The highest BCUT2D eigenvalue weighted by atomic mass is 19.4. The summed E-state index contributed by atoms with van der Waals surface area (Å²) in [5.41, 5.74) is -0.946. The van der Waals surface area contributed by atoms with E-state index < -0.39 is 23.6 Å². The molecule has 2 rings (SSSR count). The van der Waals surface area contributed by atoms with E-state index in [9.17, 15) is 22.8 Å². The number of benzene rings is 1. The van der Waals surface area contributed by atoms with Gasteiger partial charge in [0, 0.05) is 19.2 Å². The van der Waals surface area contributed by atoms with Crippen LogP contribution in [-0.2, 0) is 11.0 Å². The van der Waals surface area contributed by atoms with Crippen molar-refractivity contribution in [2.24, 2.45) is 0 Å². The molecule has 9 heteroatoms. The van der Waals surface area contributed by atoms with Crippen LogP contribution in [0.3, 0.4) is 0 Å². The number of nitrogens with one attached hydrogen (secondary N) is 2. The largest absolute Gasteiger partial charge is 0.478 e. The normalized spacial score (nSPS) is 11.0. The predicted octanol–water partition coefficient (Wildman–Crippen LogP) is 3.71. The van der Waals surface area contributed by atoms with Crippen LogP contribution in [0.5, 0.6) is 5.88 Å². The molecule has 0 aliphatic rings. The standard InChI is InChI=1S/C17H16F3N3O3/c1-3-26-15-7-4-11(9-21-15)16(25)23-14-8-12(17(18,19)20)5-6-13(14)22-10(2)24/h4-9H,3H2,1-2H3,(H,22,24)(H,23,25). The zero-order valence-corrected chi connectivity index (χ0v) is 14.0. The molecule has 0 spiro atoms. The fraction of sp³-hybridized carbons (Fsp3) is 0.235. The Balaban J connectivity index is 2.29. The highest BCUT2D eigenvalue weighted by Crippen LogP contribution is 2.34. The van der Waals surface area contributed by atoms with Crippen LogP contribution in [0.25, 0.3) is 0 Å².